The molecule has 36 heavy (non-hydrogen) atoms. The maximum atomic E-state index is 13.3. The van der Waals surface area contributed by atoms with Crippen molar-refractivity contribution in [2.45, 2.75) is 13.5 Å². The van der Waals surface area contributed by atoms with E-state index in [4.69, 9.17) is 25.9 Å². The number of methoxy groups -OCH3 is 1. The first kappa shape index (κ1) is 24.2. The molecule has 0 radical (unpaired) electrons. The zero-order valence-electron chi connectivity index (χ0n) is 19.7. The van der Waals surface area contributed by atoms with Crippen LogP contribution in [0.1, 0.15) is 16.8 Å². The van der Waals surface area contributed by atoms with Crippen LogP contribution in [0.2, 0.25) is 5.15 Å². The van der Waals surface area contributed by atoms with Gasteiger partial charge in [0.15, 0.2) is 5.76 Å². The number of furan rings is 1. The van der Waals surface area contributed by atoms with Crippen LogP contribution in [0, 0.1) is 12.7 Å². The highest BCUT2D eigenvalue weighted by Crippen LogP contribution is 2.28. The Hall–Kier alpha value is -3.53. The van der Waals surface area contributed by atoms with Crippen molar-refractivity contribution in [1.29, 1.82) is 0 Å². The molecule has 3 aromatic heterocycles. The Morgan fingerprint density at radius 3 is 2.78 bits per heavy atom. The van der Waals surface area contributed by atoms with Crippen LogP contribution in [0.3, 0.4) is 0 Å². The lowest BCUT2D eigenvalue weighted by Crippen LogP contribution is -2.13. The van der Waals surface area contributed by atoms with E-state index in [9.17, 15) is 4.39 Å². The molecule has 2 aromatic carbocycles. The van der Waals surface area contributed by atoms with Gasteiger partial charge >= 0.3 is 0 Å². The highest BCUT2D eigenvalue weighted by molar-refractivity contribution is 7.07. The normalized spacial score (nSPS) is 12.4. The molecule has 5 aromatic rings. The molecule has 0 aliphatic heterocycles. The van der Waals surface area contributed by atoms with Gasteiger partial charge < -0.3 is 9.15 Å². The third kappa shape index (κ3) is 5.04. The average Bonchev–Trinajstić information content (AvgIpc) is 3.55. The Labute approximate surface area is 215 Å². The van der Waals surface area contributed by atoms with E-state index < -0.39 is 0 Å². The highest BCUT2D eigenvalue weighted by Gasteiger charge is 2.15. The van der Waals surface area contributed by atoms with E-state index in [2.05, 4.69) is 10.1 Å². The third-order valence-electron chi connectivity index (χ3n) is 5.56. The molecule has 0 aliphatic rings. The number of benzene rings is 2. The van der Waals surface area contributed by atoms with Crippen molar-refractivity contribution in [2.75, 3.05) is 20.3 Å². The number of nitrogens with zero attached hydrogens (tertiary/aromatic N) is 5. The van der Waals surface area contributed by atoms with Crippen molar-refractivity contribution >= 4 is 40.1 Å². The van der Waals surface area contributed by atoms with Crippen LogP contribution in [-0.2, 0) is 11.3 Å². The summed E-state index contributed by atoms with van der Waals surface area (Å²) in [7, 11) is 1.64. The summed E-state index contributed by atoms with van der Waals surface area (Å²) in [5.74, 6) is 0.404. The quantitative estimate of drug-likeness (QED) is 0.192. The molecule has 0 atom stereocenters. The van der Waals surface area contributed by atoms with Crippen LogP contribution in [0.25, 0.3) is 22.4 Å². The lowest BCUT2D eigenvalue weighted by Gasteiger charge is -2.03. The van der Waals surface area contributed by atoms with E-state index in [1.54, 1.807) is 34.8 Å². The summed E-state index contributed by atoms with van der Waals surface area (Å²) in [6.07, 6.45) is 1.68. The molecule has 0 N–H and O–H groups in total. The van der Waals surface area contributed by atoms with Gasteiger partial charge in [0.05, 0.1) is 37.2 Å². The molecule has 3 heterocycles. The maximum absolute atomic E-state index is 13.3. The monoisotopic (exact) mass is 523 g/mol. The molecule has 0 amide bonds. The van der Waals surface area contributed by atoms with Gasteiger partial charge in [-0.2, -0.15) is 10.2 Å². The molecule has 184 valence electrons. The number of aromatic nitrogens is 3. The molecule has 0 spiro atoms. The standard InChI is InChI=1S/C26H23ClFN5O2S/c1-17-21(25(27)32(31-17)15-18-7-9-20(28)10-8-18)14-30-33-22(16-36-26(33)29-11-12-34-2)24-13-19-5-3-4-6-23(19)35-24/h3-10,13-14,16H,11-12,15H2,1-2H3/b29-26?,30-14-. The van der Waals surface area contributed by atoms with Crippen LogP contribution >= 0.6 is 22.9 Å². The van der Waals surface area contributed by atoms with Crippen molar-refractivity contribution < 1.29 is 13.5 Å². The first-order valence-corrected chi connectivity index (χ1v) is 12.5. The Bertz CT molecular complexity index is 1560. The lowest BCUT2D eigenvalue weighted by molar-refractivity contribution is 0.207. The van der Waals surface area contributed by atoms with Crippen LogP contribution in [-0.4, -0.2) is 40.9 Å². The topological polar surface area (TPSA) is 69.8 Å². The Morgan fingerprint density at radius 2 is 2.00 bits per heavy atom. The summed E-state index contributed by atoms with van der Waals surface area (Å²) in [6, 6.07) is 16.1. The number of fused-ring (bicyclic) bond motifs is 1. The third-order valence-corrected chi connectivity index (χ3v) is 6.82. The zero-order valence-corrected chi connectivity index (χ0v) is 21.3. The van der Waals surface area contributed by atoms with E-state index in [-0.39, 0.29) is 5.82 Å². The summed E-state index contributed by atoms with van der Waals surface area (Å²) in [6.45, 7) is 3.29. The van der Waals surface area contributed by atoms with E-state index in [1.165, 1.54) is 23.5 Å². The second kappa shape index (κ2) is 10.6. The molecule has 0 fully saturated rings. The largest absolute Gasteiger partial charge is 0.454 e. The summed E-state index contributed by atoms with van der Waals surface area (Å²) in [5, 5.41) is 12.7. The molecule has 0 aliphatic carbocycles. The van der Waals surface area contributed by atoms with Crippen molar-refractivity contribution in [3.63, 3.8) is 0 Å². The molecule has 5 rings (SSSR count). The van der Waals surface area contributed by atoms with Crippen LogP contribution < -0.4 is 4.80 Å². The first-order valence-electron chi connectivity index (χ1n) is 11.2. The lowest BCUT2D eigenvalue weighted by atomic mass is 10.2. The van der Waals surface area contributed by atoms with Gasteiger partial charge in [-0.3, -0.25) is 4.99 Å². The molecule has 0 bridgehead atoms. The van der Waals surface area contributed by atoms with Gasteiger partial charge in [0.2, 0.25) is 4.80 Å². The molecule has 0 unspecified atom stereocenters. The second-order valence-electron chi connectivity index (χ2n) is 8.06. The van der Waals surface area contributed by atoms with Crippen molar-refractivity contribution in [2.24, 2.45) is 10.1 Å². The SMILES string of the molecule is COCCN=c1scc(-c2cc3ccccc3o2)n1/N=C\c1c(C)nn(Cc2ccc(F)cc2)c1Cl. The Kier molecular flexibility index (Phi) is 7.13. The predicted molar refractivity (Wildman–Crippen MR) is 140 cm³/mol. The van der Waals surface area contributed by atoms with Crippen molar-refractivity contribution in [1.82, 2.24) is 14.5 Å². The van der Waals surface area contributed by atoms with Crippen LogP contribution in [0.5, 0.6) is 0 Å². The summed E-state index contributed by atoms with van der Waals surface area (Å²) in [5.41, 5.74) is 3.88. The number of rotatable bonds is 8. The van der Waals surface area contributed by atoms with Crippen LogP contribution in [0.15, 0.2) is 74.5 Å². The van der Waals surface area contributed by atoms with Gasteiger partial charge in [-0.25, -0.2) is 13.7 Å². The molecule has 10 heteroatoms. The smallest absolute Gasteiger partial charge is 0.206 e. The summed E-state index contributed by atoms with van der Waals surface area (Å²) in [4.78, 5) is 5.34. The number of halogens is 2. The fourth-order valence-electron chi connectivity index (χ4n) is 3.73. The number of hydrogen-bond donors (Lipinski definition) is 0. The molecule has 0 saturated carbocycles. The van der Waals surface area contributed by atoms with Gasteiger partial charge in [-0.15, -0.1) is 11.3 Å². The highest BCUT2D eigenvalue weighted by atomic mass is 35.5. The Balaban J connectivity index is 1.52. The van der Waals surface area contributed by atoms with Crippen molar-refractivity contribution in [3.05, 3.63) is 92.6 Å². The number of hydrogen-bond acceptors (Lipinski definition) is 6. The zero-order chi connectivity index (χ0) is 25.1. The van der Waals surface area contributed by atoms with E-state index >= 15 is 0 Å². The number of ether oxygens (including phenoxy) is 1. The number of aryl methyl sites for hydroxylation is 1. The first-order chi connectivity index (χ1) is 17.5. The number of thiazole rings is 1. The minimum absolute atomic E-state index is 0.283. The maximum Gasteiger partial charge on any atom is 0.206 e. The summed E-state index contributed by atoms with van der Waals surface area (Å²) < 4.78 is 27.9. The van der Waals surface area contributed by atoms with Gasteiger partial charge in [-0.05, 0) is 36.8 Å². The number of para-hydroxylation sites is 1. The van der Waals surface area contributed by atoms with Gasteiger partial charge in [0, 0.05) is 17.9 Å². The Morgan fingerprint density at radius 1 is 1.19 bits per heavy atom. The fourth-order valence-corrected chi connectivity index (χ4v) is 4.85. The second-order valence-corrected chi connectivity index (χ2v) is 9.25. The minimum Gasteiger partial charge on any atom is -0.454 e. The fraction of sp³-hybridized carbons (Fsp3) is 0.192. The van der Waals surface area contributed by atoms with E-state index in [1.807, 2.05) is 42.6 Å². The molecule has 7 nitrogen and oxygen atoms in total. The van der Waals surface area contributed by atoms with E-state index in [0.29, 0.717) is 41.0 Å². The molecule has 0 saturated heterocycles. The van der Waals surface area contributed by atoms with Gasteiger partial charge in [0.1, 0.15) is 22.2 Å². The molecular weight excluding hydrogens is 501 g/mol. The average molecular weight is 524 g/mol. The summed E-state index contributed by atoms with van der Waals surface area (Å²) >= 11 is 8.14. The molecular formula is C26H23ClFN5O2S. The van der Waals surface area contributed by atoms with E-state index in [0.717, 1.165) is 27.9 Å². The minimum atomic E-state index is -0.283. The van der Waals surface area contributed by atoms with Crippen molar-refractivity contribution in [3.8, 4) is 11.5 Å². The van der Waals surface area contributed by atoms with Gasteiger partial charge in [-0.1, -0.05) is 41.9 Å². The van der Waals surface area contributed by atoms with Crippen LogP contribution in [0.4, 0.5) is 4.39 Å². The predicted octanol–water partition coefficient (Wildman–Crippen LogP) is 5.74. The van der Waals surface area contributed by atoms with Gasteiger partial charge in [0.25, 0.3) is 0 Å².